The molecule has 0 fully saturated rings. The molecule has 1 N–H and O–H groups in total. The van der Waals surface area contributed by atoms with Gasteiger partial charge < -0.3 is 5.32 Å². The van der Waals surface area contributed by atoms with Crippen molar-refractivity contribution in [2.24, 2.45) is 5.92 Å². The fraction of sp³-hybridized carbons (Fsp3) is 0.312. The van der Waals surface area contributed by atoms with E-state index in [2.05, 4.69) is 27.4 Å². The number of aromatic nitrogens is 3. The Morgan fingerprint density at radius 2 is 2.38 bits per heavy atom. The summed E-state index contributed by atoms with van der Waals surface area (Å²) in [4.78, 5) is 20.2. The molecule has 5 nitrogen and oxygen atoms in total. The Morgan fingerprint density at radius 1 is 1.43 bits per heavy atom. The first-order chi connectivity index (χ1) is 10.3. The molecule has 0 radical (unpaired) electrons. The van der Waals surface area contributed by atoms with Crippen molar-refractivity contribution in [3.8, 4) is 5.82 Å². The van der Waals surface area contributed by atoms with Crippen molar-refractivity contribution >= 4 is 5.91 Å². The van der Waals surface area contributed by atoms with E-state index in [9.17, 15) is 4.79 Å². The minimum Gasteiger partial charge on any atom is -0.352 e. The first-order valence-corrected chi connectivity index (χ1v) is 7.18. The van der Waals surface area contributed by atoms with Crippen LogP contribution in [0.15, 0.2) is 49.2 Å². The summed E-state index contributed by atoms with van der Waals surface area (Å²) >= 11 is 0. The fourth-order valence-corrected chi connectivity index (χ4v) is 2.44. The van der Waals surface area contributed by atoms with Crippen LogP contribution in [0, 0.1) is 5.92 Å². The number of amides is 1. The Hall–Kier alpha value is -2.43. The average Bonchev–Trinajstić information content (AvgIpc) is 3.19. The van der Waals surface area contributed by atoms with Crippen LogP contribution in [0.25, 0.3) is 5.82 Å². The lowest BCUT2D eigenvalue weighted by molar-refractivity contribution is -0.121. The van der Waals surface area contributed by atoms with Crippen molar-refractivity contribution in [1.29, 1.82) is 0 Å². The van der Waals surface area contributed by atoms with Crippen molar-refractivity contribution in [1.82, 2.24) is 19.9 Å². The third kappa shape index (κ3) is 3.56. The Bertz CT molecular complexity index is 616. The van der Waals surface area contributed by atoms with Gasteiger partial charge in [-0.05, 0) is 30.4 Å². The van der Waals surface area contributed by atoms with Gasteiger partial charge in [-0.25, -0.2) is 9.97 Å². The lowest BCUT2D eigenvalue weighted by Gasteiger charge is -2.09. The van der Waals surface area contributed by atoms with Gasteiger partial charge in [0.05, 0.1) is 0 Å². The quantitative estimate of drug-likeness (QED) is 0.856. The molecule has 0 bridgehead atoms. The zero-order valence-electron chi connectivity index (χ0n) is 11.8. The number of nitrogens with one attached hydrogen (secondary N) is 1. The molecule has 0 saturated carbocycles. The monoisotopic (exact) mass is 282 g/mol. The highest BCUT2D eigenvalue weighted by atomic mass is 16.1. The molecule has 3 rings (SSSR count). The number of allylic oxidation sites excluding steroid dienone is 2. The lowest BCUT2D eigenvalue weighted by atomic mass is 10.1. The van der Waals surface area contributed by atoms with Crippen LogP contribution in [0.3, 0.4) is 0 Å². The van der Waals surface area contributed by atoms with Gasteiger partial charge in [-0.3, -0.25) is 9.36 Å². The molecule has 0 saturated heterocycles. The number of rotatable bonds is 5. The molecule has 1 aliphatic carbocycles. The van der Waals surface area contributed by atoms with E-state index in [1.165, 1.54) is 0 Å². The summed E-state index contributed by atoms with van der Waals surface area (Å²) < 4.78 is 1.84. The number of carbonyl (C=O) groups excluding carboxylic acids is 1. The van der Waals surface area contributed by atoms with Gasteiger partial charge in [-0.1, -0.05) is 18.2 Å². The van der Waals surface area contributed by atoms with E-state index in [1.807, 2.05) is 22.9 Å². The normalized spacial score (nSPS) is 17.0. The highest BCUT2D eigenvalue weighted by Crippen LogP contribution is 2.20. The topological polar surface area (TPSA) is 59.8 Å². The van der Waals surface area contributed by atoms with Crippen LogP contribution in [0.4, 0.5) is 0 Å². The maximum atomic E-state index is 11.8. The van der Waals surface area contributed by atoms with Crippen LogP contribution in [0.2, 0.25) is 0 Å². The number of carbonyl (C=O) groups is 1. The summed E-state index contributed by atoms with van der Waals surface area (Å²) in [5, 5.41) is 2.95. The zero-order valence-corrected chi connectivity index (χ0v) is 11.8. The number of imidazole rings is 1. The van der Waals surface area contributed by atoms with Crippen LogP contribution in [-0.4, -0.2) is 20.4 Å². The van der Waals surface area contributed by atoms with Crippen molar-refractivity contribution in [3.63, 3.8) is 0 Å². The van der Waals surface area contributed by atoms with E-state index in [-0.39, 0.29) is 5.91 Å². The van der Waals surface area contributed by atoms with Crippen LogP contribution in [0.1, 0.15) is 24.8 Å². The van der Waals surface area contributed by atoms with Crippen molar-refractivity contribution in [2.45, 2.75) is 25.8 Å². The van der Waals surface area contributed by atoms with E-state index in [0.29, 0.717) is 18.9 Å². The largest absolute Gasteiger partial charge is 0.352 e. The molecule has 5 heteroatoms. The summed E-state index contributed by atoms with van der Waals surface area (Å²) in [6, 6.07) is 3.89. The van der Waals surface area contributed by atoms with E-state index in [4.69, 9.17) is 0 Å². The molecular formula is C16H18N4O. The Morgan fingerprint density at radius 3 is 3.05 bits per heavy atom. The molecule has 0 spiro atoms. The standard InChI is InChI=1S/C16H18N4O/c21-16(9-13-3-1-2-4-13)19-11-14-5-6-15(18-10-14)20-8-7-17-12-20/h1,3,5-8,10,12-13H,2,4,9,11H2,(H,19,21). The zero-order chi connectivity index (χ0) is 14.5. The minimum absolute atomic E-state index is 0.102. The van der Waals surface area contributed by atoms with Crippen molar-refractivity contribution < 1.29 is 4.79 Å². The summed E-state index contributed by atoms with van der Waals surface area (Å²) in [5.41, 5.74) is 0.995. The summed E-state index contributed by atoms with van der Waals surface area (Å²) in [7, 11) is 0. The second-order valence-electron chi connectivity index (χ2n) is 5.24. The third-order valence-electron chi connectivity index (χ3n) is 3.63. The molecule has 21 heavy (non-hydrogen) atoms. The summed E-state index contributed by atoms with van der Waals surface area (Å²) in [5.74, 6) is 1.33. The molecule has 1 amide bonds. The van der Waals surface area contributed by atoms with Gasteiger partial charge in [-0.2, -0.15) is 0 Å². The lowest BCUT2D eigenvalue weighted by Crippen LogP contribution is -2.24. The van der Waals surface area contributed by atoms with Gasteiger partial charge in [0.25, 0.3) is 0 Å². The van der Waals surface area contributed by atoms with Gasteiger partial charge in [0.15, 0.2) is 0 Å². The Balaban J connectivity index is 1.51. The number of hydrogen-bond acceptors (Lipinski definition) is 3. The van der Waals surface area contributed by atoms with Crippen LogP contribution >= 0.6 is 0 Å². The predicted molar refractivity (Wildman–Crippen MR) is 79.7 cm³/mol. The van der Waals surface area contributed by atoms with Gasteiger partial charge in [0, 0.05) is 31.6 Å². The predicted octanol–water partition coefficient (Wildman–Crippen LogP) is 2.24. The smallest absolute Gasteiger partial charge is 0.220 e. The molecule has 2 aromatic heterocycles. The van der Waals surface area contributed by atoms with Gasteiger partial charge in [0.1, 0.15) is 12.1 Å². The summed E-state index contributed by atoms with van der Waals surface area (Å²) in [6.07, 6.45) is 14.1. The SMILES string of the molecule is O=C(CC1C=CCC1)NCc1ccc(-n2ccnc2)nc1. The minimum atomic E-state index is 0.102. The first-order valence-electron chi connectivity index (χ1n) is 7.18. The number of hydrogen-bond donors (Lipinski definition) is 1. The molecule has 1 atom stereocenters. The Labute approximate surface area is 123 Å². The second kappa shape index (κ2) is 6.35. The highest BCUT2D eigenvalue weighted by Gasteiger charge is 2.13. The third-order valence-corrected chi connectivity index (χ3v) is 3.63. The Kier molecular flexibility index (Phi) is 4.09. The van der Waals surface area contributed by atoms with Crippen molar-refractivity contribution in [3.05, 3.63) is 54.8 Å². The molecule has 1 unspecified atom stereocenters. The van der Waals surface area contributed by atoms with Gasteiger partial charge in [0.2, 0.25) is 5.91 Å². The second-order valence-corrected chi connectivity index (χ2v) is 5.24. The fourth-order valence-electron chi connectivity index (χ4n) is 2.44. The van der Waals surface area contributed by atoms with Crippen LogP contribution in [0.5, 0.6) is 0 Å². The van der Waals surface area contributed by atoms with Gasteiger partial charge >= 0.3 is 0 Å². The molecule has 1 aliphatic rings. The summed E-state index contributed by atoms with van der Waals surface area (Å²) in [6.45, 7) is 0.520. The van der Waals surface area contributed by atoms with Crippen LogP contribution < -0.4 is 5.32 Å². The highest BCUT2D eigenvalue weighted by molar-refractivity contribution is 5.76. The van der Waals surface area contributed by atoms with Gasteiger partial charge in [-0.15, -0.1) is 0 Å². The maximum Gasteiger partial charge on any atom is 0.220 e. The maximum absolute atomic E-state index is 11.8. The average molecular weight is 282 g/mol. The van der Waals surface area contributed by atoms with Crippen molar-refractivity contribution in [2.75, 3.05) is 0 Å². The molecule has 0 aliphatic heterocycles. The molecule has 108 valence electrons. The van der Waals surface area contributed by atoms with E-state index in [1.54, 1.807) is 18.7 Å². The first kappa shape index (κ1) is 13.5. The van der Waals surface area contributed by atoms with E-state index in [0.717, 1.165) is 24.2 Å². The number of pyridine rings is 1. The van der Waals surface area contributed by atoms with E-state index >= 15 is 0 Å². The molecule has 2 heterocycles. The molecule has 0 aromatic carbocycles. The molecule has 2 aromatic rings. The number of nitrogens with zero attached hydrogens (tertiary/aromatic N) is 3. The molecular weight excluding hydrogens is 264 g/mol. The van der Waals surface area contributed by atoms with E-state index < -0.39 is 0 Å². The van der Waals surface area contributed by atoms with Crippen LogP contribution in [-0.2, 0) is 11.3 Å².